The minimum absolute atomic E-state index is 0.633. The maximum absolute atomic E-state index is 3.58. The largest absolute Gasteiger partial charge is 0.314 e. The molecule has 0 aromatic carbocycles. The lowest BCUT2D eigenvalue weighted by Crippen LogP contribution is -2.45. The van der Waals surface area contributed by atoms with Gasteiger partial charge in [-0.2, -0.15) is 0 Å². The Morgan fingerprint density at radius 1 is 1.41 bits per heavy atom. The number of piperazine rings is 1. The Labute approximate surface area is 117 Å². The Morgan fingerprint density at radius 2 is 2.18 bits per heavy atom. The third kappa shape index (κ3) is 3.78. The monoisotopic (exact) mass is 316 g/mol. The molecule has 17 heavy (non-hydrogen) atoms. The first-order valence-corrected chi connectivity index (χ1v) is 8.12. The molecule has 0 radical (unpaired) electrons. The van der Waals surface area contributed by atoms with Gasteiger partial charge in [-0.25, -0.2) is 0 Å². The van der Waals surface area contributed by atoms with E-state index < -0.39 is 0 Å². The number of nitrogens with zero attached hydrogens (tertiary/aromatic N) is 1. The maximum Gasteiger partial charge on any atom is 0.0701 e. The Kier molecular flexibility index (Phi) is 5.48. The SMILES string of the molecule is CCCCC(c1ccc(Br)s1)N1CCNCC1. The van der Waals surface area contributed by atoms with E-state index in [1.54, 1.807) is 0 Å². The molecule has 1 aliphatic heterocycles. The second kappa shape index (κ2) is 6.88. The number of halogens is 1. The second-order valence-corrected chi connectivity index (χ2v) is 7.08. The lowest BCUT2D eigenvalue weighted by molar-refractivity contribution is 0.165. The van der Waals surface area contributed by atoms with Gasteiger partial charge < -0.3 is 5.32 Å². The van der Waals surface area contributed by atoms with Crippen LogP contribution in [-0.4, -0.2) is 31.1 Å². The zero-order valence-electron chi connectivity index (χ0n) is 10.4. The van der Waals surface area contributed by atoms with Gasteiger partial charge in [-0.15, -0.1) is 11.3 Å². The standard InChI is InChI=1S/C13H21BrN2S/c1-2-3-4-11(12-5-6-13(14)17-12)16-9-7-15-8-10-16/h5-6,11,15H,2-4,7-10H2,1H3. The number of hydrogen-bond donors (Lipinski definition) is 1. The summed E-state index contributed by atoms with van der Waals surface area (Å²) in [6.45, 7) is 6.91. The third-order valence-electron chi connectivity index (χ3n) is 3.35. The first-order chi connectivity index (χ1) is 8.31. The van der Waals surface area contributed by atoms with E-state index in [1.807, 2.05) is 11.3 Å². The van der Waals surface area contributed by atoms with Crippen molar-refractivity contribution in [1.29, 1.82) is 0 Å². The highest BCUT2D eigenvalue weighted by Gasteiger charge is 2.22. The Bertz CT molecular complexity index is 334. The Morgan fingerprint density at radius 3 is 2.76 bits per heavy atom. The van der Waals surface area contributed by atoms with Gasteiger partial charge in [0.1, 0.15) is 0 Å². The molecule has 4 heteroatoms. The van der Waals surface area contributed by atoms with Crippen molar-refractivity contribution in [1.82, 2.24) is 10.2 Å². The molecular weight excluding hydrogens is 296 g/mol. The highest BCUT2D eigenvalue weighted by atomic mass is 79.9. The summed E-state index contributed by atoms with van der Waals surface area (Å²) >= 11 is 5.47. The minimum Gasteiger partial charge on any atom is -0.314 e. The van der Waals surface area contributed by atoms with E-state index in [-0.39, 0.29) is 0 Å². The molecule has 1 saturated heterocycles. The molecular formula is C13H21BrN2S. The van der Waals surface area contributed by atoms with E-state index in [2.05, 4.69) is 45.2 Å². The highest BCUT2D eigenvalue weighted by Crippen LogP contribution is 2.34. The quantitative estimate of drug-likeness (QED) is 0.892. The molecule has 0 amide bonds. The van der Waals surface area contributed by atoms with E-state index in [0.717, 1.165) is 13.1 Å². The van der Waals surface area contributed by atoms with Crippen LogP contribution in [-0.2, 0) is 0 Å². The molecule has 0 saturated carbocycles. The molecule has 2 rings (SSSR count). The highest BCUT2D eigenvalue weighted by molar-refractivity contribution is 9.11. The van der Waals surface area contributed by atoms with Crippen LogP contribution in [0.25, 0.3) is 0 Å². The van der Waals surface area contributed by atoms with Crippen LogP contribution in [0.1, 0.15) is 37.1 Å². The molecule has 96 valence electrons. The average molecular weight is 317 g/mol. The van der Waals surface area contributed by atoms with Gasteiger partial charge in [-0.3, -0.25) is 4.90 Å². The number of thiophene rings is 1. The average Bonchev–Trinajstić information content (AvgIpc) is 2.78. The van der Waals surface area contributed by atoms with Crippen molar-refractivity contribution in [2.45, 2.75) is 32.2 Å². The molecule has 1 unspecified atom stereocenters. The summed E-state index contributed by atoms with van der Waals surface area (Å²) in [4.78, 5) is 4.16. The fourth-order valence-corrected chi connectivity index (χ4v) is 4.00. The lowest BCUT2D eigenvalue weighted by atomic mass is 10.1. The fraction of sp³-hybridized carbons (Fsp3) is 0.692. The first-order valence-electron chi connectivity index (χ1n) is 6.51. The molecule has 2 heterocycles. The molecule has 1 aromatic rings. The van der Waals surface area contributed by atoms with E-state index >= 15 is 0 Å². The summed E-state index contributed by atoms with van der Waals surface area (Å²) in [6, 6.07) is 5.10. The summed E-state index contributed by atoms with van der Waals surface area (Å²) in [7, 11) is 0. The van der Waals surface area contributed by atoms with Crippen molar-refractivity contribution in [3.8, 4) is 0 Å². The normalized spacial score (nSPS) is 19.4. The molecule has 1 aliphatic rings. The molecule has 0 spiro atoms. The molecule has 0 bridgehead atoms. The van der Waals surface area contributed by atoms with Crippen LogP contribution in [0.2, 0.25) is 0 Å². The molecule has 1 N–H and O–H groups in total. The topological polar surface area (TPSA) is 15.3 Å². The zero-order chi connectivity index (χ0) is 12.1. The summed E-state index contributed by atoms with van der Waals surface area (Å²) < 4.78 is 1.25. The van der Waals surface area contributed by atoms with Gasteiger partial charge >= 0.3 is 0 Å². The van der Waals surface area contributed by atoms with E-state index in [0.29, 0.717) is 6.04 Å². The van der Waals surface area contributed by atoms with Gasteiger partial charge in [0, 0.05) is 37.1 Å². The number of rotatable bonds is 5. The van der Waals surface area contributed by atoms with Crippen molar-refractivity contribution < 1.29 is 0 Å². The Balaban J connectivity index is 2.06. The molecule has 2 nitrogen and oxygen atoms in total. The minimum atomic E-state index is 0.633. The molecule has 1 aromatic heterocycles. The maximum atomic E-state index is 3.58. The number of unbranched alkanes of at least 4 members (excludes halogenated alkanes) is 1. The van der Waals surface area contributed by atoms with Gasteiger partial charge in [0.15, 0.2) is 0 Å². The number of nitrogens with one attached hydrogen (secondary N) is 1. The third-order valence-corrected chi connectivity index (χ3v) is 5.07. The van der Waals surface area contributed by atoms with Crippen LogP contribution in [0.3, 0.4) is 0 Å². The van der Waals surface area contributed by atoms with Crippen LogP contribution in [0.5, 0.6) is 0 Å². The summed E-state index contributed by atoms with van der Waals surface area (Å²) in [5.74, 6) is 0. The smallest absolute Gasteiger partial charge is 0.0701 e. The summed E-state index contributed by atoms with van der Waals surface area (Å²) in [5, 5.41) is 3.43. The van der Waals surface area contributed by atoms with Gasteiger partial charge in [0.25, 0.3) is 0 Å². The van der Waals surface area contributed by atoms with Crippen molar-refractivity contribution >= 4 is 27.3 Å². The lowest BCUT2D eigenvalue weighted by Gasteiger charge is -2.34. The van der Waals surface area contributed by atoms with Gasteiger partial charge in [0.2, 0.25) is 0 Å². The fourth-order valence-electron chi connectivity index (χ4n) is 2.40. The van der Waals surface area contributed by atoms with Crippen LogP contribution >= 0.6 is 27.3 Å². The number of hydrogen-bond acceptors (Lipinski definition) is 3. The molecule has 0 aliphatic carbocycles. The predicted molar refractivity (Wildman–Crippen MR) is 78.7 cm³/mol. The molecule has 1 fully saturated rings. The van der Waals surface area contributed by atoms with Gasteiger partial charge in [-0.05, 0) is 34.5 Å². The Hall–Kier alpha value is 0.1000. The van der Waals surface area contributed by atoms with Crippen LogP contribution in [0, 0.1) is 0 Å². The van der Waals surface area contributed by atoms with Crippen molar-refractivity contribution in [3.63, 3.8) is 0 Å². The van der Waals surface area contributed by atoms with Crippen molar-refractivity contribution in [3.05, 3.63) is 20.8 Å². The molecule has 1 atom stereocenters. The van der Waals surface area contributed by atoms with Gasteiger partial charge in [-0.1, -0.05) is 19.8 Å². The van der Waals surface area contributed by atoms with Crippen molar-refractivity contribution in [2.24, 2.45) is 0 Å². The predicted octanol–water partition coefficient (Wildman–Crippen LogP) is 3.65. The zero-order valence-corrected chi connectivity index (χ0v) is 12.8. The van der Waals surface area contributed by atoms with Crippen LogP contribution in [0.15, 0.2) is 15.9 Å². The summed E-state index contributed by atoms with van der Waals surface area (Å²) in [5.41, 5.74) is 0. The van der Waals surface area contributed by atoms with Crippen molar-refractivity contribution in [2.75, 3.05) is 26.2 Å². The van der Waals surface area contributed by atoms with Gasteiger partial charge in [0.05, 0.1) is 3.79 Å². The van der Waals surface area contributed by atoms with E-state index in [1.165, 1.54) is 41.0 Å². The van der Waals surface area contributed by atoms with E-state index in [4.69, 9.17) is 0 Å². The first kappa shape index (κ1) is 13.5. The van der Waals surface area contributed by atoms with E-state index in [9.17, 15) is 0 Å². The van der Waals surface area contributed by atoms with Crippen LogP contribution < -0.4 is 5.32 Å². The summed E-state index contributed by atoms with van der Waals surface area (Å²) in [6.07, 6.45) is 3.91. The van der Waals surface area contributed by atoms with Crippen LogP contribution in [0.4, 0.5) is 0 Å². The second-order valence-electron chi connectivity index (χ2n) is 4.59.